The van der Waals surface area contributed by atoms with Crippen LogP contribution in [0.3, 0.4) is 0 Å². The SMILES string of the molecule is C=N/C(=C\C=C/C)c1nc2cc(F)ccc2cc1C. The number of aliphatic imine (C=N–C) groups is 1. The highest BCUT2D eigenvalue weighted by atomic mass is 19.1. The van der Waals surface area contributed by atoms with Crippen molar-refractivity contribution in [3.63, 3.8) is 0 Å². The monoisotopic (exact) mass is 254 g/mol. The van der Waals surface area contributed by atoms with Gasteiger partial charge in [0, 0.05) is 11.5 Å². The smallest absolute Gasteiger partial charge is 0.125 e. The summed E-state index contributed by atoms with van der Waals surface area (Å²) in [6, 6.07) is 6.57. The highest BCUT2D eigenvalue weighted by molar-refractivity contribution is 5.83. The van der Waals surface area contributed by atoms with Crippen LogP contribution in [0, 0.1) is 12.7 Å². The van der Waals surface area contributed by atoms with Crippen molar-refractivity contribution in [3.8, 4) is 0 Å². The molecule has 1 aromatic carbocycles. The molecule has 2 aromatic rings. The van der Waals surface area contributed by atoms with E-state index >= 15 is 0 Å². The Morgan fingerprint density at radius 3 is 2.84 bits per heavy atom. The zero-order valence-electron chi connectivity index (χ0n) is 11.0. The second kappa shape index (κ2) is 5.57. The zero-order chi connectivity index (χ0) is 13.8. The number of aromatic nitrogens is 1. The molecule has 0 aliphatic carbocycles. The standard InChI is InChI=1S/C16H15FN2/c1-4-5-6-14(18-3)16-11(2)9-12-7-8-13(17)10-15(12)19-16/h4-10H,3H2,1-2H3/b5-4-,14-6-. The molecular formula is C16H15FN2. The molecule has 0 saturated heterocycles. The van der Waals surface area contributed by atoms with Crippen molar-refractivity contribution >= 4 is 23.3 Å². The van der Waals surface area contributed by atoms with E-state index in [4.69, 9.17) is 0 Å². The van der Waals surface area contributed by atoms with Crippen LogP contribution in [0.25, 0.3) is 16.6 Å². The molecule has 0 aliphatic rings. The fraction of sp³-hybridized carbons (Fsp3) is 0.125. The lowest BCUT2D eigenvalue weighted by atomic mass is 10.1. The topological polar surface area (TPSA) is 25.2 Å². The number of hydrogen-bond donors (Lipinski definition) is 0. The van der Waals surface area contributed by atoms with Gasteiger partial charge in [-0.05, 0) is 50.4 Å². The van der Waals surface area contributed by atoms with Crippen LogP contribution in [-0.4, -0.2) is 11.7 Å². The molecule has 0 unspecified atom stereocenters. The molecule has 0 spiro atoms. The highest BCUT2D eigenvalue weighted by Gasteiger charge is 2.07. The second-order valence-electron chi connectivity index (χ2n) is 4.23. The first-order chi connectivity index (χ1) is 9.15. The zero-order valence-corrected chi connectivity index (χ0v) is 11.0. The normalized spacial score (nSPS) is 12.3. The fourth-order valence-corrected chi connectivity index (χ4v) is 1.90. The Balaban J connectivity index is 2.65. The summed E-state index contributed by atoms with van der Waals surface area (Å²) in [5.41, 5.74) is 3.02. The van der Waals surface area contributed by atoms with Gasteiger partial charge >= 0.3 is 0 Å². The average molecular weight is 254 g/mol. The average Bonchev–Trinajstić information content (AvgIpc) is 2.40. The third-order valence-electron chi connectivity index (χ3n) is 2.83. The lowest BCUT2D eigenvalue weighted by molar-refractivity contribution is 0.629. The molecule has 2 nitrogen and oxygen atoms in total. The van der Waals surface area contributed by atoms with Gasteiger partial charge in [-0.25, -0.2) is 9.37 Å². The summed E-state index contributed by atoms with van der Waals surface area (Å²) in [6.07, 6.45) is 5.62. The van der Waals surface area contributed by atoms with Crippen molar-refractivity contribution < 1.29 is 4.39 Å². The van der Waals surface area contributed by atoms with Crippen molar-refractivity contribution in [2.75, 3.05) is 0 Å². The van der Waals surface area contributed by atoms with E-state index in [-0.39, 0.29) is 5.82 Å². The quantitative estimate of drug-likeness (QED) is 0.592. The van der Waals surface area contributed by atoms with Crippen molar-refractivity contribution in [2.45, 2.75) is 13.8 Å². The highest BCUT2D eigenvalue weighted by Crippen LogP contribution is 2.23. The van der Waals surface area contributed by atoms with Crippen LogP contribution in [0.1, 0.15) is 18.2 Å². The van der Waals surface area contributed by atoms with Gasteiger partial charge in [0.05, 0.1) is 16.9 Å². The fourth-order valence-electron chi connectivity index (χ4n) is 1.90. The van der Waals surface area contributed by atoms with Gasteiger partial charge in [0.1, 0.15) is 5.82 Å². The van der Waals surface area contributed by atoms with Gasteiger partial charge in [0.2, 0.25) is 0 Å². The van der Waals surface area contributed by atoms with Crippen LogP contribution in [0.15, 0.2) is 47.5 Å². The van der Waals surface area contributed by atoms with Crippen LogP contribution in [-0.2, 0) is 0 Å². The van der Waals surface area contributed by atoms with Crippen molar-refractivity contribution in [1.82, 2.24) is 4.98 Å². The molecule has 0 N–H and O–H groups in total. The lowest BCUT2D eigenvalue weighted by Crippen LogP contribution is -1.94. The summed E-state index contributed by atoms with van der Waals surface area (Å²) in [5, 5.41) is 0.914. The van der Waals surface area contributed by atoms with Crippen LogP contribution in [0.4, 0.5) is 4.39 Å². The van der Waals surface area contributed by atoms with Gasteiger partial charge in [-0.3, -0.25) is 4.99 Å². The Kier molecular flexibility index (Phi) is 3.85. The maximum absolute atomic E-state index is 13.3. The van der Waals surface area contributed by atoms with Crippen LogP contribution in [0.5, 0.6) is 0 Å². The maximum Gasteiger partial charge on any atom is 0.125 e. The van der Waals surface area contributed by atoms with E-state index in [0.717, 1.165) is 16.6 Å². The largest absolute Gasteiger partial charge is 0.262 e. The molecule has 0 radical (unpaired) electrons. The molecule has 0 amide bonds. The van der Waals surface area contributed by atoms with Crippen molar-refractivity contribution in [3.05, 3.63) is 59.6 Å². The minimum absolute atomic E-state index is 0.291. The molecule has 0 atom stereocenters. The Bertz CT molecular complexity index is 684. The third kappa shape index (κ3) is 2.76. The number of benzene rings is 1. The summed E-state index contributed by atoms with van der Waals surface area (Å²) in [7, 11) is 0. The van der Waals surface area contributed by atoms with Crippen molar-refractivity contribution in [1.29, 1.82) is 0 Å². The number of allylic oxidation sites excluding steroid dienone is 3. The molecule has 2 rings (SSSR count). The summed E-state index contributed by atoms with van der Waals surface area (Å²) in [4.78, 5) is 8.47. The van der Waals surface area contributed by atoms with E-state index in [1.165, 1.54) is 12.1 Å². The Morgan fingerprint density at radius 1 is 1.37 bits per heavy atom. The lowest BCUT2D eigenvalue weighted by Gasteiger charge is -2.07. The molecule has 0 aliphatic heterocycles. The summed E-state index contributed by atoms with van der Waals surface area (Å²) < 4.78 is 13.3. The van der Waals surface area contributed by atoms with E-state index in [1.54, 1.807) is 6.07 Å². The van der Waals surface area contributed by atoms with Crippen molar-refractivity contribution in [2.24, 2.45) is 4.99 Å². The van der Waals surface area contributed by atoms with Gasteiger partial charge in [-0.1, -0.05) is 12.2 Å². The third-order valence-corrected chi connectivity index (χ3v) is 2.83. The van der Waals surface area contributed by atoms with Gasteiger partial charge in [0.25, 0.3) is 0 Å². The molecule has 1 aromatic heterocycles. The van der Waals surface area contributed by atoms with E-state index in [2.05, 4.69) is 16.7 Å². The Labute approximate surface area is 112 Å². The molecule has 19 heavy (non-hydrogen) atoms. The number of hydrogen-bond acceptors (Lipinski definition) is 2. The second-order valence-corrected chi connectivity index (χ2v) is 4.23. The van der Waals surface area contributed by atoms with E-state index in [1.807, 2.05) is 38.1 Å². The molecule has 3 heteroatoms. The summed E-state index contributed by atoms with van der Waals surface area (Å²) >= 11 is 0. The van der Waals surface area contributed by atoms with Gasteiger partial charge in [-0.2, -0.15) is 0 Å². The predicted octanol–water partition coefficient (Wildman–Crippen LogP) is 4.30. The summed E-state index contributed by atoms with van der Waals surface area (Å²) in [5.74, 6) is -0.291. The number of fused-ring (bicyclic) bond motifs is 1. The van der Waals surface area contributed by atoms with Crippen LogP contribution >= 0.6 is 0 Å². The number of rotatable bonds is 3. The molecule has 96 valence electrons. The Hall–Kier alpha value is -2.29. The Morgan fingerprint density at radius 2 is 2.16 bits per heavy atom. The summed E-state index contributed by atoms with van der Waals surface area (Å²) in [6.45, 7) is 7.44. The molecule has 0 fully saturated rings. The van der Waals surface area contributed by atoms with E-state index < -0.39 is 0 Å². The predicted molar refractivity (Wildman–Crippen MR) is 78.8 cm³/mol. The maximum atomic E-state index is 13.3. The van der Waals surface area contributed by atoms with Gasteiger partial charge in [0.15, 0.2) is 0 Å². The van der Waals surface area contributed by atoms with Crippen LogP contribution in [0.2, 0.25) is 0 Å². The number of pyridine rings is 1. The molecule has 0 bridgehead atoms. The first kappa shape index (κ1) is 13.1. The first-order valence-corrected chi connectivity index (χ1v) is 6.02. The minimum atomic E-state index is -0.291. The molecule has 0 saturated carbocycles. The van der Waals surface area contributed by atoms with Gasteiger partial charge in [-0.15, -0.1) is 0 Å². The van der Waals surface area contributed by atoms with E-state index in [9.17, 15) is 4.39 Å². The van der Waals surface area contributed by atoms with Gasteiger partial charge < -0.3 is 0 Å². The number of aryl methyl sites for hydroxylation is 1. The number of halogens is 1. The first-order valence-electron chi connectivity index (χ1n) is 6.02. The minimum Gasteiger partial charge on any atom is -0.262 e. The molecular weight excluding hydrogens is 239 g/mol. The number of nitrogens with zero attached hydrogens (tertiary/aromatic N) is 2. The molecule has 1 heterocycles. The van der Waals surface area contributed by atoms with E-state index in [0.29, 0.717) is 11.2 Å². The van der Waals surface area contributed by atoms with Crippen LogP contribution < -0.4 is 0 Å².